The highest BCUT2D eigenvalue weighted by atomic mass is 35.5. The summed E-state index contributed by atoms with van der Waals surface area (Å²) in [4.78, 5) is 13.8. The van der Waals surface area contributed by atoms with Crippen LogP contribution in [0.5, 0.6) is 0 Å². The Labute approximate surface area is 137 Å². The number of rotatable bonds is 5. The summed E-state index contributed by atoms with van der Waals surface area (Å²) >= 11 is 5.55. The van der Waals surface area contributed by atoms with Crippen LogP contribution in [0.25, 0.3) is 0 Å². The minimum absolute atomic E-state index is 0. The van der Waals surface area contributed by atoms with Crippen molar-refractivity contribution in [2.75, 3.05) is 38.7 Å². The number of morpholine rings is 1. The van der Waals surface area contributed by atoms with Crippen molar-refractivity contribution in [3.8, 4) is 0 Å². The second-order valence-corrected chi connectivity index (χ2v) is 5.28. The third-order valence-corrected chi connectivity index (χ3v) is 3.77. The van der Waals surface area contributed by atoms with E-state index in [1.807, 2.05) is 0 Å². The molecule has 4 nitrogen and oxygen atoms in total. The summed E-state index contributed by atoms with van der Waals surface area (Å²) in [6.45, 7) is 5.91. The van der Waals surface area contributed by atoms with Crippen molar-refractivity contribution in [1.29, 1.82) is 0 Å². The molecule has 118 valence electrons. The van der Waals surface area contributed by atoms with Crippen molar-refractivity contribution in [3.05, 3.63) is 35.4 Å². The molecule has 0 bridgehead atoms. The van der Waals surface area contributed by atoms with Gasteiger partial charge in [0.1, 0.15) is 5.88 Å². The summed E-state index contributed by atoms with van der Waals surface area (Å²) in [5.41, 5.74) is 2.45. The average Bonchev–Trinajstić information content (AvgIpc) is 2.48. The Balaban J connectivity index is 0.00000220. The Bertz CT molecular complexity index is 451. The molecule has 1 amide bonds. The number of halogens is 2. The number of nitrogens with zero attached hydrogens (tertiary/aromatic N) is 1. The van der Waals surface area contributed by atoms with Crippen LogP contribution in [0.15, 0.2) is 24.3 Å². The van der Waals surface area contributed by atoms with E-state index >= 15 is 0 Å². The van der Waals surface area contributed by atoms with Crippen LogP contribution in [-0.4, -0.2) is 49.5 Å². The molecule has 1 aromatic rings. The Morgan fingerprint density at radius 2 is 2.14 bits per heavy atom. The van der Waals surface area contributed by atoms with Gasteiger partial charge in [0.25, 0.3) is 0 Å². The molecule has 0 aliphatic carbocycles. The van der Waals surface area contributed by atoms with Crippen LogP contribution in [0.3, 0.4) is 0 Å². The van der Waals surface area contributed by atoms with E-state index < -0.39 is 0 Å². The van der Waals surface area contributed by atoms with Crippen molar-refractivity contribution in [2.24, 2.45) is 0 Å². The molecule has 0 aromatic heterocycles. The number of carbonyl (C=O) groups excluding carboxylic acids is 1. The number of carbonyl (C=O) groups is 1. The summed E-state index contributed by atoms with van der Waals surface area (Å²) < 4.78 is 5.41. The van der Waals surface area contributed by atoms with Crippen molar-refractivity contribution in [3.63, 3.8) is 0 Å². The third-order valence-electron chi connectivity index (χ3n) is 3.53. The number of nitrogens with one attached hydrogen (secondary N) is 1. The molecule has 1 N–H and O–H groups in total. The lowest BCUT2D eigenvalue weighted by atomic mass is 10.0. The van der Waals surface area contributed by atoms with Gasteiger partial charge in [0.15, 0.2) is 0 Å². The fourth-order valence-electron chi connectivity index (χ4n) is 2.48. The topological polar surface area (TPSA) is 41.6 Å². The van der Waals surface area contributed by atoms with E-state index in [4.69, 9.17) is 16.3 Å². The minimum Gasteiger partial charge on any atom is -0.379 e. The van der Waals surface area contributed by atoms with Gasteiger partial charge in [-0.2, -0.15) is 0 Å². The van der Waals surface area contributed by atoms with Crippen LogP contribution in [0.1, 0.15) is 17.2 Å². The SMILES string of the molecule is Cc1cccc(C(CNC(=O)CCl)N2CCOCC2)c1.Cl. The number of aryl methyl sites for hydroxylation is 1. The second kappa shape index (κ2) is 9.26. The van der Waals surface area contributed by atoms with Crippen LogP contribution >= 0.6 is 24.0 Å². The summed E-state index contributed by atoms with van der Waals surface area (Å²) in [5, 5.41) is 2.89. The minimum atomic E-state index is -0.127. The van der Waals surface area contributed by atoms with Gasteiger partial charge in [-0.15, -0.1) is 24.0 Å². The van der Waals surface area contributed by atoms with Crippen LogP contribution in [0, 0.1) is 6.92 Å². The molecular formula is C15H22Cl2N2O2. The molecule has 0 radical (unpaired) electrons. The standard InChI is InChI=1S/C15H21ClN2O2.ClH/c1-12-3-2-4-13(9-12)14(11-17-15(19)10-16)18-5-7-20-8-6-18;/h2-4,9,14H,5-8,10-11H2,1H3,(H,17,19);1H. The normalized spacial score (nSPS) is 16.9. The predicted octanol–water partition coefficient (Wildman–Crippen LogP) is 2.15. The molecule has 1 aliphatic rings. The van der Waals surface area contributed by atoms with Crippen LogP contribution in [0.2, 0.25) is 0 Å². The fraction of sp³-hybridized carbons (Fsp3) is 0.533. The molecule has 2 rings (SSSR count). The highest BCUT2D eigenvalue weighted by Crippen LogP contribution is 2.22. The molecule has 1 heterocycles. The molecule has 21 heavy (non-hydrogen) atoms. The first-order valence-corrected chi connectivity index (χ1v) is 7.45. The maximum absolute atomic E-state index is 11.4. The number of hydrogen-bond donors (Lipinski definition) is 1. The van der Waals surface area contributed by atoms with Gasteiger partial charge >= 0.3 is 0 Å². The van der Waals surface area contributed by atoms with Gasteiger partial charge < -0.3 is 10.1 Å². The average molecular weight is 333 g/mol. The van der Waals surface area contributed by atoms with E-state index in [1.165, 1.54) is 11.1 Å². The van der Waals surface area contributed by atoms with Gasteiger partial charge in [-0.3, -0.25) is 9.69 Å². The van der Waals surface area contributed by atoms with Crippen LogP contribution < -0.4 is 5.32 Å². The predicted molar refractivity (Wildman–Crippen MR) is 87.3 cm³/mol. The molecule has 1 unspecified atom stereocenters. The number of ether oxygens (including phenoxy) is 1. The molecule has 1 fully saturated rings. The summed E-state index contributed by atoms with van der Waals surface area (Å²) in [6.07, 6.45) is 0. The maximum atomic E-state index is 11.4. The number of hydrogen-bond acceptors (Lipinski definition) is 3. The second-order valence-electron chi connectivity index (χ2n) is 5.02. The summed E-state index contributed by atoms with van der Waals surface area (Å²) in [5.74, 6) is -0.124. The van der Waals surface area contributed by atoms with Gasteiger partial charge in [-0.1, -0.05) is 29.8 Å². The summed E-state index contributed by atoms with van der Waals surface area (Å²) in [6, 6.07) is 8.59. The zero-order valence-corrected chi connectivity index (χ0v) is 13.8. The first-order valence-electron chi connectivity index (χ1n) is 6.91. The molecule has 6 heteroatoms. The Morgan fingerprint density at radius 3 is 2.76 bits per heavy atom. The first-order chi connectivity index (χ1) is 9.70. The molecule has 1 atom stereocenters. The van der Waals surface area contributed by atoms with Gasteiger partial charge in [0, 0.05) is 19.6 Å². The van der Waals surface area contributed by atoms with Gasteiger partial charge in [0.2, 0.25) is 5.91 Å². The Morgan fingerprint density at radius 1 is 1.43 bits per heavy atom. The smallest absolute Gasteiger partial charge is 0.234 e. The zero-order chi connectivity index (χ0) is 14.4. The Kier molecular flexibility index (Phi) is 8.04. The highest BCUT2D eigenvalue weighted by Gasteiger charge is 2.23. The number of alkyl halides is 1. The van der Waals surface area contributed by atoms with Crippen molar-refractivity contribution in [2.45, 2.75) is 13.0 Å². The molecule has 1 aromatic carbocycles. The van der Waals surface area contributed by atoms with Crippen LogP contribution in [0.4, 0.5) is 0 Å². The molecule has 0 saturated carbocycles. The Hall–Kier alpha value is -0.810. The quantitative estimate of drug-likeness (QED) is 0.840. The van der Waals surface area contributed by atoms with Crippen LogP contribution in [-0.2, 0) is 9.53 Å². The third kappa shape index (κ3) is 5.47. The summed E-state index contributed by atoms with van der Waals surface area (Å²) in [7, 11) is 0. The number of benzene rings is 1. The van der Waals surface area contributed by atoms with Gasteiger partial charge in [-0.05, 0) is 12.5 Å². The highest BCUT2D eigenvalue weighted by molar-refractivity contribution is 6.27. The van der Waals surface area contributed by atoms with E-state index in [-0.39, 0.29) is 30.2 Å². The van der Waals surface area contributed by atoms with E-state index in [2.05, 4.69) is 41.4 Å². The monoisotopic (exact) mass is 332 g/mol. The fourth-order valence-corrected chi connectivity index (χ4v) is 2.58. The van der Waals surface area contributed by atoms with Gasteiger partial charge in [0.05, 0.1) is 19.3 Å². The molecule has 1 aliphatic heterocycles. The van der Waals surface area contributed by atoms with Crippen molar-refractivity contribution < 1.29 is 9.53 Å². The van der Waals surface area contributed by atoms with Gasteiger partial charge in [-0.25, -0.2) is 0 Å². The zero-order valence-electron chi connectivity index (χ0n) is 12.2. The molecular weight excluding hydrogens is 311 g/mol. The van der Waals surface area contributed by atoms with E-state index in [0.29, 0.717) is 6.54 Å². The lowest BCUT2D eigenvalue weighted by molar-refractivity contribution is -0.119. The molecule has 0 spiro atoms. The lowest BCUT2D eigenvalue weighted by Crippen LogP contribution is -2.44. The van der Waals surface area contributed by atoms with E-state index in [1.54, 1.807) is 0 Å². The largest absolute Gasteiger partial charge is 0.379 e. The number of amides is 1. The first kappa shape index (κ1) is 18.2. The maximum Gasteiger partial charge on any atom is 0.234 e. The van der Waals surface area contributed by atoms with E-state index in [9.17, 15) is 4.79 Å². The molecule has 1 saturated heterocycles. The van der Waals surface area contributed by atoms with E-state index in [0.717, 1.165) is 26.3 Å². The lowest BCUT2D eigenvalue weighted by Gasteiger charge is -2.35. The van der Waals surface area contributed by atoms with Crippen molar-refractivity contribution >= 4 is 29.9 Å². The van der Waals surface area contributed by atoms with Crippen molar-refractivity contribution in [1.82, 2.24) is 10.2 Å².